The maximum atomic E-state index is 10.5. The topological polar surface area (TPSA) is 17.1 Å². The van der Waals surface area contributed by atoms with Crippen LogP contribution in [0.3, 0.4) is 0 Å². The second kappa shape index (κ2) is 4.74. The standard InChI is InChI=1S/C12H15BrO/c1-8-4-5-11(13)10(3)12(8)9(2)6-7-14/h4-5,7,9H,6H2,1-3H3. The van der Waals surface area contributed by atoms with Crippen LogP contribution in [0.5, 0.6) is 0 Å². The van der Waals surface area contributed by atoms with Gasteiger partial charge in [-0.2, -0.15) is 0 Å². The third-order valence-electron chi connectivity index (χ3n) is 2.61. The van der Waals surface area contributed by atoms with Gasteiger partial charge in [-0.3, -0.25) is 0 Å². The fraction of sp³-hybridized carbons (Fsp3) is 0.417. The van der Waals surface area contributed by atoms with Crippen molar-refractivity contribution in [2.45, 2.75) is 33.1 Å². The Kier molecular flexibility index (Phi) is 3.87. The zero-order valence-corrected chi connectivity index (χ0v) is 10.4. The molecule has 0 bridgehead atoms. The molecule has 1 aromatic rings. The lowest BCUT2D eigenvalue weighted by Crippen LogP contribution is -2.01. The molecule has 0 amide bonds. The van der Waals surface area contributed by atoms with Crippen molar-refractivity contribution in [1.29, 1.82) is 0 Å². The highest BCUT2D eigenvalue weighted by molar-refractivity contribution is 9.10. The number of benzene rings is 1. The lowest BCUT2D eigenvalue weighted by Gasteiger charge is -2.16. The molecule has 14 heavy (non-hydrogen) atoms. The van der Waals surface area contributed by atoms with E-state index in [1.54, 1.807) is 0 Å². The third kappa shape index (κ3) is 2.24. The van der Waals surface area contributed by atoms with Gasteiger partial charge < -0.3 is 4.79 Å². The summed E-state index contributed by atoms with van der Waals surface area (Å²) in [5.74, 6) is 0.310. The molecule has 0 radical (unpaired) electrons. The van der Waals surface area contributed by atoms with Gasteiger partial charge in [0.1, 0.15) is 6.29 Å². The van der Waals surface area contributed by atoms with Gasteiger partial charge >= 0.3 is 0 Å². The first-order valence-electron chi connectivity index (χ1n) is 4.77. The van der Waals surface area contributed by atoms with Crippen LogP contribution in [0, 0.1) is 13.8 Å². The SMILES string of the molecule is Cc1ccc(Br)c(C)c1C(C)CC=O. The van der Waals surface area contributed by atoms with Gasteiger partial charge in [-0.25, -0.2) is 0 Å². The van der Waals surface area contributed by atoms with Crippen molar-refractivity contribution in [3.63, 3.8) is 0 Å². The summed E-state index contributed by atoms with van der Waals surface area (Å²) < 4.78 is 1.12. The Morgan fingerprint density at radius 2 is 2.07 bits per heavy atom. The minimum Gasteiger partial charge on any atom is -0.303 e. The Bertz CT molecular complexity index is 344. The molecule has 1 nitrogen and oxygen atoms in total. The van der Waals surface area contributed by atoms with E-state index >= 15 is 0 Å². The van der Waals surface area contributed by atoms with Crippen LogP contribution in [-0.4, -0.2) is 6.29 Å². The number of hydrogen-bond donors (Lipinski definition) is 0. The van der Waals surface area contributed by atoms with Crippen molar-refractivity contribution in [2.75, 3.05) is 0 Å². The van der Waals surface area contributed by atoms with Crippen LogP contribution in [0.25, 0.3) is 0 Å². The number of hydrogen-bond acceptors (Lipinski definition) is 1. The van der Waals surface area contributed by atoms with Crippen LogP contribution in [0.2, 0.25) is 0 Å². The fourth-order valence-electron chi connectivity index (χ4n) is 1.86. The molecule has 1 atom stereocenters. The van der Waals surface area contributed by atoms with E-state index in [1.807, 2.05) is 0 Å². The molecule has 1 aromatic carbocycles. The number of carbonyl (C=O) groups is 1. The van der Waals surface area contributed by atoms with Gasteiger partial charge in [-0.1, -0.05) is 28.9 Å². The summed E-state index contributed by atoms with van der Waals surface area (Å²) in [5.41, 5.74) is 3.81. The first-order valence-corrected chi connectivity index (χ1v) is 5.56. The van der Waals surface area contributed by atoms with Crippen LogP contribution >= 0.6 is 15.9 Å². The van der Waals surface area contributed by atoms with Crippen molar-refractivity contribution in [3.05, 3.63) is 33.3 Å². The quantitative estimate of drug-likeness (QED) is 0.751. The van der Waals surface area contributed by atoms with Crippen molar-refractivity contribution >= 4 is 22.2 Å². The summed E-state index contributed by atoms with van der Waals surface area (Å²) in [5, 5.41) is 0. The van der Waals surface area contributed by atoms with Gasteiger partial charge in [-0.15, -0.1) is 0 Å². The molecule has 0 saturated carbocycles. The lowest BCUT2D eigenvalue weighted by molar-refractivity contribution is -0.108. The van der Waals surface area contributed by atoms with Crippen LogP contribution in [0.15, 0.2) is 16.6 Å². The van der Waals surface area contributed by atoms with E-state index in [-0.39, 0.29) is 0 Å². The zero-order chi connectivity index (χ0) is 10.7. The largest absolute Gasteiger partial charge is 0.303 e. The van der Waals surface area contributed by atoms with Gasteiger partial charge in [0.25, 0.3) is 0 Å². The minimum atomic E-state index is 0.310. The molecule has 0 N–H and O–H groups in total. The van der Waals surface area contributed by atoms with Crippen LogP contribution < -0.4 is 0 Å². The van der Waals surface area contributed by atoms with E-state index in [1.165, 1.54) is 16.7 Å². The minimum absolute atomic E-state index is 0.310. The molecular formula is C12H15BrO. The second-order valence-electron chi connectivity index (χ2n) is 3.71. The smallest absolute Gasteiger partial charge is 0.120 e. The van der Waals surface area contributed by atoms with Gasteiger partial charge in [0.05, 0.1) is 0 Å². The number of aldehydes is 1. The molecule has 0 aliphatic rings. The highest BCUT2D eigenvalue weighted by Crippen LogP contribution is 2.30. The van der Waals surface area contributed by atoms with Crippen molar-refractivity contribution in [2.24, 2.45) is 0 Å². The Balaban J connectivity index is 3.17. The molecule has 0 saturated heterocycles. The van der Waals surface area contributed by atoms with E-state index in [0.29, 0.717) is 12.3 Å². The van der Waals surface area contributed by atoms with Gasteiger partial charge in [0.2, 0.25) is 0 Å². The normalized spacial score (nSPS) is 12.6. The Morgan fingerprint density at radius 3 is 2.64 bits per heavy atom. The molecule has 2 heteroatoms. The number of carbonyl (C=O) groups excluding carboxylic acids is 1. The average Bonchev–Trinajstić information content (AvgIpc) is 2.13. The molecule has 76 valence electrons. The summed E-state index contributed by atoms with van der Waals surface area (Å²) in [4.78, 5) is 10.5. The molecule has 0 heterocycles. The predicted octanol–water partition coefficient (Wildman–Crippen LogP) is 3.76. The third-order valence-corrected chi connectivity index (χ3v) is 3.47. The number of rotatable bonds is 3. The summed E-state index contributed by atoms with van der Waals surface area (Å²) in [6.07, 6.45) is 1.59. The first-order chi connectivity index (χ1) is 6.57. The average molecular weight is 255 g/mol. The molecule has 1 rings (SSSR count). The highest BCUT2D eigenvalue weighted by atomic mass is 79.9. The van der Waals surface area contributed by atoms with Crippen molar-refractivity contribution < 1.29 is 4.79 Å². The van der Waals surface area contributed by atoms with Gasteiger partial charge in [0.15, 0.2) is 0 Å². The Labute approximate surface area is 93.7 Å². The monoisotopic (exact) mass is 254 g/mol. The molecule has 0 aromatic heterocycles. The highest BCUT2D eigenvalue weighted by Gasteiger charge is 2.12. The predicted molar refractivity (Wildman–Crippen MR) is 62.7 cm³/mol. The molecular weight excluding hydrogens is 240 g/mol. The molecule has 1 unspecified atom stereocenters. The van der Waals surface area contributed by atoms with E-state index < -0.39 is 0 Å². The van der Waals surface area contributed by atoms with E-state index in [0.717, 1.165) is 10.8 Å². The zero-order valence-electron chi connectivity index (χ0n) is 8.80. The van der Waals surface area contributed by atoms with E-state index in [9.17, 15) is 4.79 Å². The lowest BCUT2D eigenvalue weighted by atomic mass is 9.90. The molecule has 0 spiro atoms. The summed E-state index contributed by atoms with van der Waals surface area (Å²) in [7, 11) is 0. The van der Waals surface area contributed by atoms with Crippen LogP contribution in [-0.2, 0) is 4.79 Å². The van der Waals surface area contributed by atoms with Crippen LogP contribution in [0.1, 0.15) is 36.0 Å². The van der Waals surface area contributed by atoms with Gasteiger partial charge in [0, 0.05) is 10.9 Å². The fourth-order valence-corrected chi connectivity index (χ4v) is 2.20. The Morgan fingerprint density at radius 1 is 1.43 bits per heavy atom. The Hall–Kier alpha value is -0.630. The number of halogens is 1. The van der Waals surface area contributed by atoms with Crippen molar-refractivity contribution in [1.82, 2.24) is 0 Å². The molecule has 0 aliphatic heterocycles. The second-order valence-corrected chi connectivity index (χ2v) is 4.56. The maximum Gasteiger partial charge on any atom is 0.120 e. The summed E-state index contributed by atoms with van der Waals surface area (Å²) in [6.45, 7) is 6.28. The summed E-state index contributed by atoms with van der Waals surface area (Å²) >= 11 is 3.51. The number of aryl methyl sites for hydroxylation is 1. The van der Waals surface area contributed by atoms with E-state index in [4.69, 9.17) is 0 Å². The maximum absolute atomic E-state index is 10.5. The first kappa shape index (κ1) is 11.4. The molecule has 0 fully saturated rings. The van der Waals surface area contributed by atoms with Crippen LogP contribution in [0.4, 0.5) is 0 Å². The van der Waals surface area contributed by atoms with Crippen molar-refractivity contribution in [3.8, 4) is 0 Å². The van der Waals surface area contributed by atoms with E-state index in [2.05, 4.69) is 48.8 Å². The summed E-state index contributed by atoms with van der Waals surface area (Å²) in [6, 6.07) is 4.15. The van der Waals surface area contributed by atoms with Gasteiger partial charge in [-0.05, 0) is 42.5 Å². The molecule has 0 aliphatic carbocycles.